The number of carbonyl (C=O) groups excluding carboxylic acids is 1. The Morgan fingerprint density at radius 1 is 1.08 bits per heavy atom. The summed E-state index contributed by atoms with van der Waals surface area (Å²) in [5, 5.41) is 2.59. The first-order valence-electron chi connectivity index (χ1n) is 7.90. The van der Waals surface area contributed by atoms with Gasteiger partial charge in [0.05, 0.1) is 18.1 Å². The van der Waals surface area contributed by atoms with Gasteiger partial charge in [-0.1, -0.05) is 18.2 Å². The minimum absolute atomic E-state index is 0.0483. The number of methoxy groups -OCH3 is 2. The van der Waals surface area contributed by atoms with E-state index in [-0.39, 0.29) is 17.3 Å². The third-order valence-corrected chi connectivity index (χ3v) is 5.15. The van der Waals surface area contributed by atoms with Crippen molar-refractivity contribution in [3.63, 3.8) is 0 Å². The molecular weight excluding hydrogens is 356 g/mol. The summed E-state index contributed by atoms with van der Waals surface area (Å²) in [5.74, 6) is 0.400. The minimum Gasteiger partial charge on any atom is -0.496 e. The number of carbonyl (C=O) groups is 1. The van der Waals surface area contributed by atoms with Crippen LogP contribution in [-0.2, 0) is 19.6 Å². The lowest BCUT2D eigenvalue weighted by Gasteiger charge is -2.19. The quantitative estimate of drug-likeness (QED) is 0.735. The van der Waals surface area contributed by atoms with Crippen molar-refractivity contribution in [3.8, 4) is 5.75 Å². The average Bonchev–Trinajstić information content (AvgIpc) is 2.62. The van der Waals surface area contributed by atoms with Crippen LogP contribution in [0.3, 0.4) is 0 Å². The van der Waals surface area contributed by atoms with Crippen molar-refractivity contribution >= 4 is 21.6 Å². The summed E-state index contributed by atoms with van der Waals surface area (Å²) in [6, 6.07) is 13.2. The Labute approximate surface area is 153 Å². The van der Waals surface area contributed by atoms with E-state index >= 15 is 0 Å². The molecule has 1 atom stereocenters. The van der Waals surface area contributed by atoms with E-state index < -0.39 is 16.1 Å². The predicted molar refractivity (Wildman–Crippen MR) is 98.7 cm³/mol. The summed E-state index contributed by atoms with van der Waals surface area (Å²) in [5.41, 5.74) is 1.28. The molecule has 0 spiro atoms. The van der Waals surface area contributed by atoms with E-state index in [4.69, 9.17) is 9.47 Å². The molecule has 8 heteroatoms. The fraction of sp³-hybridized carbons (Fsp3) is 0.278. The molecule has 0 heterocycles. The number of hydrogen-bond donors (Lipinski definition) is 2. The summed E-state index contributed by atoms with van der Waals surface area (Å²) < 4.78 is 38.2. The van der Waals surface area contributed by atoms with Crippen LogP contribution in [0.25, 0.3) is 0 Å². The first kappa shape index (κ1) is 19.9. The smallest absolute Gasteiger partial charge is 0.240 e. The Balaban J connectivity index is 2.12. The molecule has 2 N–H and O–H groups in total. The number of anilines is 1. The molecule has 0 saturated heterocycles. The highest BCUT2D eigenvalue weighted by Crippen LogP contribution is 2.27. The number of ether oxygens (including phenoxy) is 2. The van der Waals surface area contributed by atoms with Crippen LogP contribution in [0, 0.1) is 0 Å². The standard InChI is InChI=1S/C18H22N2O5S/c1-13(21)20-14-8-10-15(11-9-14)26(22,23)19-12-18(25-3)16-6-4-5-7-17(16)24-2/h4-11,18-19H,12H2,1-3H3,(H,20,21). The Hall–Kier alpha value is -2.42. The minimum atomic E-state index is -3.72. The van der Waals surface area contributed by atoms with Crippen LogP contribution < -0.4 is 14.8 Å². The van der Waals surface area contributed by atoms with Crippen LogP contribution in [0.2, 0.25) is 0 Å². The summed E-state index contributed by atoms with van der Waals surface area (Å²) in [6.07, 6.45) is -0.500. The van der Waals surface area contributed by atoms with Gasteiger partial charge in [-0.05, 0) is 30.3 Å². The van der Waals surface area contributed by atoms with Gasteiger partial charge in [-0.3, -0.25) is 4.79 Å². The van der Waals surface area contributed by atoms with Gasteiger partial charge in [0.1, 0.15) is 5.75 Å². The fourth-order valence-electron chi connectivity index (χ4n) is 2.44. The largest absolute Gasteiger partial charge is 0.496 e. The molecule has 1 unspecified atom stereocenters. The van der Waals surface area contributed by atoms with Gasteiger partial charge >= 0.3 is 0 Å². The third-order valence-electron chi connectivity index (χ3n) is 3.71. The van der Waals surface area contributed by atoms with Crippen LogP contribution in [0.1, 0.15) is 18.6 Å². The summed E-state index contributed by atoms with van der Waals surface area (Å²) in [7, 11) is -0.666. The first-order valence-corrected chi connectivity index (χ1v) is 9.38. The monoisotopic (exact) mass is 378 g/mol. The van der Waals surface area contributed by atoms with Gasteiger partial charge in [-0.15, -0.1) is 0 Å². The Morgan fingerprint density at radius 3 is 2.31 bits per heavy atom. The number of rotatable bonds is 8. The van der Waals surface area contributed by atoms with E-state index in [9.17, 15) is 13.2 Å². The molecule has 0 aliphatic heterocycles. The lowest BCUT2D eigenvalue weighted by molar-refractivity contribution is -0.114. The molecule has 2 aromatic carbocycles. The topological polar surface area (TPSA) is 93.7 Å². The maximum atomic E-state index is 12.5. The van der Waals surface area contributed by atoms with Crippen molar-refractivity contribution in [2.45, 2.75) is 17.9 Å². The number of para-hydroxylation sites is 1. The van der Waals surface area contributed by atoms with Gasteiger partial charge in [-0.2, -0.15) is 0 Å². The molecule has 7 nitrogen and oxygen atoms in total. The highest BCUT2D eigenvalue weighted by Gasteiger charge is 2.20. The fourth-order valence-corrected chi connectivity index (χ4v) is 3.47. The van der Waals surface area contributed by atoms with Gasteiger partial charge in [0.15, 0.2) is 0 Å². The number of nitrogens with one attached hydrogen (secondary N) is 2. The molecular formula is C18H22N2O5S. The Bertz CT molecular complexity index is 850. The van der Waals surface area contributed by atoms with E-state index in [1.807, 2.05) is 18.2 Å². The lowest BCUT2D eigenvalue weighted by Crippen LogP contribution is -2.29. The second-order valence-corrected chi connectivity index (χ2v) is 7.29. The van der Waals surface area contributed by atoms with Crippen molar-refractivity contribution in [2.24, 2.45) is 0 Å². The number of benzene rings is 2. The molecule has 0 aliphatic carbocycles. The van der Waals surface area contributed by atoms with Crippen molar-refractivity contribution in [1.29, 1.82) is 0 Å². The molecule has 0 saturated carbocycles. The molecule has 0 fully saturated rings. The number of amides is 1. The predicted octanol–water partition coefficient (Wildman–Crippen LogP) is 2.32. The normalized spacial score (nSPS) is 12.4. The van der Waals surface area contributed by atoms with E-state index in [2.05, 4.69) is 10.0 Å². The van der Waals surface area contributed by atoms with E-state index in [0.717, 1.165) is 5.56 Å². The van der Waals surface area contributed by atoms with E-state index in [0.29, 0.717) is 11.4 Å². The van der Waals surface area contributed by atoms with Crippen LogP contribution in [0.15, 0.2) is 53.4 Å². The van der Waals surface area contributed by atoms with Crippen LogP contribution in [0.5, 0.6) is 5.75 Å². The molecule has 0 aromatic heterocycles. The molecule has 2 rings (SSSR count). The van der Waals surface area contributed by atoms with E-state index in [1.54, 1.807) is 13.2 Å². The molecule has 1 amide bonds. The zero-order valence-corrected chi connectivity index (χ0v) is 15.7. The molecule has 140 valence electrons. The second kappa shape index (κ2) is 8.79. The van der Waals surface area contributed by atoms with Gasteiger partial charge in [0.2, 0.25) is 15.9 Å². The number of sulfonamides is 1. The van der Waals surface area contributed by atoms with Crippen molar-refractivity contribution in [2.75, 3.05) is 26.1 Å². The second-order valence-electron chi connectivity index (χ2n) is 5.52. The van der Waals surface area contributed by atoms with Gasteiger partial charge in [-0.25, -0.2) is 13.1 Å². The van der Waals surface area contributed by atoms with Crippen LogP contribution in [0.4, 0.5) is 5.69 Å². The average molecular weight is 378 g/mol. The zero-order chi connectivity index (χ0) is 19.2. The SMILES string of the molecule is COc1ccccc1C(CNS(=O)(=O)c1ccc(NC(C)=O)cc1)OC. The number of hydrogen-bond acceptors (Lipinski definition) is 5. The van der Waals surface area contributed by atoms with Crippen LogP contribution in [-0.4, -0.2) is 35.1 Å². The van der Waals surface area contributed by atoms with Gasteiger partial charge in [0, 0.05) is 31.8 Å². The van der Waals surface area contributed by atoms with Crippen molar-refractivity contribution in [1.82, 2.24) is 4.72 Å². The lowest BCUT2D eigenvalue weighted by atomic mass is 10.1. The molecule has 2 aromatic rings. The summed E-state index contributed by atoms with van der Waals surface area (Å²) >= 11 is 0. The summed E-state index contributed by atoms with van der Waals surface area (Å²) in [4.78, 5) is 11.1. The summed E-state index contributed by atoms with van der Waals surface area (Å²) in [6.45, 7) is 1.43. The highest BCUT2D eigenvalue weighted by molar-refractivity contribution is 7.89. The van der Waals surface area contributed by atoms with Crippen molar-refractivity contribution < 1.29 is 22.7 Å². The molecule has 0 bridgehead atoms. The van der Waals surface area contributed by atoms with Crippen LogP contribution >= 0.6 is 0 Å². The molecule has 26 heavy (non-hydrogen) atoms. The maximum absolute atomic E-state index is 12.5. The molecule has 0 aliphatic rings. The van der Waals surface area contributed by atoms with E-state index in [1.165, 1.54) is 38.3 Å². The van der Waals surface area contributed by atoms with Gasteiger partial charge in [0.25, 0.3) is 0 Å². The van der Waals surface area contributed by atoms with Crippen molar-refractivity contribution in [3.05, 3.63) is 54.1 Å². The Morgan fingerprint density at radius 2 is 1.73 bits per heavy atom. The first-order chi connectivity index (χ1) is 12.4. The van der Waals surface area contributed by atoms with Gasteiger partial charge < -0.3 is 14.8 Å². The highest BCUT2D eigenvalue weighted by atomic mass is 32.2. The zero-order valence-electron chi connectivity index (χ0n) is 14.9. The maximum Gasteiger partial charge on any atom is 0.240 e. The third kappa shape index (κ3) is 5.04. The Kier molecular flexibility index (Phi) is 6.73. The molecule has 0 radical (unpaired) electrons.